The summed E-state index contributed by atoms with van der Waals surface area (Å²) in [5.74, 6) is 0.239. The molecule has 0 heterocycles. The molecular weight excluding hydrogens is 264 g/mol. The van der Waals surface area contributed by atoms with Gasteiger partial charge in [0.15, 0.2) is 0 Å². The molecule has 0 aliphatic carbocycles. The molecule has 4 nitrogen and oxygen atoms in total. The van der Waals surface area contributed by atoms with Crippen LogP contribution in [0.3, 0.4) is 0 Å². The Hall–Kier alpha value is -0.910. The molecule has 0 spiro atoms. The lowest BCUT2D eigenvalue weighted by atomic mass is 9.90. The fourth-order valence-corrected chi connectivity index (χ4v) is 2.89. The van der Waals surface area contributed by atoms with Crippen LogP contribution < -0.4 is 0 Å². The Morgan fingerprint density at radius 3 is 2.42 bits per heavy atom. The average molecular weight is 286 g/mol. The van der Waals surface area contributed by atoms with Crippen molar-refractivity contribution in [2.45, 2.75) is 25.4 Å². The molecule has 0 amide bonds. The maximum Gasteiger partial charge on any atom is 0.150 e. The van der Waals surface area contributed by atoms with Crippen molar-refractivity contribution in [3.8, 4) is 0 Å². The molecule has 0 saturated carbocycles. The van der Waals surface area contributed by atoms with E-state index < -0.39 is 15.4 Å². The first kappa shape index (κ1) is 16.1. The summed E-state index contributed by atoms with van der Waals surface area (Å²) in [7, 11) is -1.47. The highest BCUT2D eigenvalue weighted by Gasteiger charge is 2.29. The Morgan fingerprint density at radius 1 is 1.26 bits per heavy atom. The molecule has 0 saturated heterocycles. The van der Waals surface area contributed by atoms with Crippen molar-refractivity contribution in [2.75, 3.05) is 25.2 Å². The summed E-state index contributed by atoms with van der Waals surface area (Å²) < 4.78 is 28.0. The van der Waals surface area contributed by atoms with Crippen LogP contribution in [0.15, 0.2) is 30.3 Å². The zero-order valence-electron chi connectivity index (χ0n) is 11.5. The molecule has 19 heavy (non-hydrogen) atoms. The highest BCUT2D eigenvalue weighted by atomic mass is 32.2. The lowest BCUT2D eigenvalue weighted by molar-refractivity contribution is -0.0424. The summed E-state index contributed by atoms with van der Waals surface area (Å²) in [5, 5.41) is 10.6. The van der Waals surface area contributed by atoms with E-state index in [9.17, 15) is 13.5 Å². The molecule has 0 bridgehead atoms. The predicted octanol–water partition coefficient (Wildman–Crippen LogP) is 1.74. The second kappa shape index (κ2) is 7.03. The third-order valence-corrected chi connectivity index (χ3v) is 4.97. The van der Waals surface area contributed by atoms with Crippen molar-refractivity contribution in [1.82, 2.24) is 0 Å². The summed E-state index contributed by atoms with van der Waals surface area (Å²) in [6.07, 6.45) is 0.787. The number of ether oxygens (including phenoxy) is 1. The van der Waals surface area contributed by atoms with E-state index in [1.807, 2.05) is 30.3 Å². The lowest BCUT2D eigenvalue weighted by Gasteiger charge is -2.28. The molecule has 1 N–H and O–H groups in total. The van der Waals surface area contributed by atoms with E-state index in [1.165, 1.54) is 7.11 Å². The second-order valence-corrected chi connectivity index (χ2v) is 7.14. The maximum absolute atomic E-state index is 11.5. The number of hydrogen-bond donors (Lipinski definition) is 1. The molecule has 1 atom stereocenters. The Bertz CT molecular complexity index is 469. The molecule has 1 rings (SSSR count). The Balaban J connectivity index is 2.73. The van der Waals surface area contributed by atoms with Crippen LogP contribution in [0.5, 0.6) is 0 Å². The van der Waals surface area contributed by atoms with Crippen LogP contribution in [0.1, 0.15) is 25.3 Å². The molecule has 0 aromatic heterocycles. The number of benzene rings is 1. The minimum atomic E-state index is -2.99. The van der Waals surface area contributed by atoms with Crippen LogP contribution in [-0.2, 0) is 20.2 Å². The van der Waals surface area contributed by atoms with E-state index in [1.54, 1.807) is 6.92 Å². The minimum Gasteiger partial charge on any atom is -0.383 e. The van der Waals surface area contributed by atoms with Crippen molar-refractivity contribution in [1.29, 1.82) is 0 Å². The van der Waals surface area contributed by atoms with E-state index in [0.717, 1.165) is 5.56 Å². The number of methoxy groups -OCH3 is 1. The number of hydrogen-bond acceptors (Lipinski definition) is 4. The van der Waals surface area contributed by atoms with Crippen LogP contribution in [-0.4, -0.2) is 38.7 Å². The van der Waals surface area contributed by atoms with Gasteiger partial charge in [-0.05, 0) is 18.4 Å². The number of rotatable bonds is 8. The van der Waals surface area contributed by atoms with Crippen LogP contribution in [0, 0.1) is 0 Å². The van der Waals surface area contributed by atoms with Crippen LogP contribution in [0.4, 0.5) is 0 Å². The monoisotopic (exact) mass is 286 g/mol. The number of sulfone groups is 1. The average Bonchev–Trinajstić information content (AvgIpc) is 2.40. The Morgan fingerprint density at radius 2 is 1.89 bits per heavy atom. The first-order valence-electron chi connectivity index (χ1n) is 6.41. The molecule has 1 unspecified atom stereocenters. The molecule has 1 aromatic carbocycles. The van der Waals surface area contributed by atoms with Gasteiger partial charge >= 0.3 is 0 Å². The predicted molar refractivity (Wildman–Crippen MR) is 75.8 cm³/mol. The van der Waals surface area contributed by atoms with Gasteiger partial charge in [0.25, 0.3) is 0 Å². The molecule has 1 aromatic rings. The Labute approximate surface area is 115 Å². The molecule has 0 radical (unpaired) electrons. The minimum absolute atomic E-state index is 0.0996. The largest absolute Gasteiger partial charge is 0.383 e. The van der Waals surface area contributed by atoms with Crippen LogP contribution in [0.25, 0.3) is 0 Å². The van der Waals surface area contributed by atoms with Gasteiger partial charge in [0.2, 0.25) is 0 Å². The third kappa shape index (κ3) is 4.93. The van der Waals surface area contributed by atoms with Crippen molar-refractivity contribution in [3.63, 3.8) is 0 Å². The fourth-order valence-electron chi connectivity index (χ4n) is 2.02. The van der Waals surface area contributed by atoms with E-state index in [4.69, 9.17) is 4.74 Å². The molecular formula is C14H22O4S. The van der Waals surface area contributed by atoms with E-state index in [0.29, 0.717) is 12.8 Å². The summed E-state index contributed by atoms with van der Waals surface area (Å²) >= 11 is 0. The summed E-state index contributed by atoms with van der Waals surface area (Å²) in [5.41, 5.74) is -0.370. The number of aliphatic hydroxyl groups is 1. The van der Waals surface area contributed by atoms with Gasteiger partial charge in [-0.15, -0.1) is 0 Å². The van der Waals surface area contributed by atoms with Gasteiger partial charge in [-0.2, -0.15) is 0 Å². The smallest absolute Gasteiger partial charge is 0.150 e. The lowest BCUT2D eigenvalue weighted by Crippen LogP contribution is -2.32. The second-order valence-electron chi connectivity index (χ2n) is 4.67. The topological polar surface area (TPSA) is 63.6 Å². The molecule has 0 aliphatic heterocycles. The van der Waals surface area contributed by atoms with Gasteiger partial charge in [-0.25, -0.2) is 8.42 Å². The van der Waals surface area contributed by atoms with Crippen LogP contribution >= 0.6 is 0 Å². The van der Waals surface area contributed by atoms with Gasteiger partial charge in [-0.3, -0.25) is 0 Å². The highest BCUT2D eigenvalue weighted by Crippen LogP contribution is 2.27. The van der Waals surface area contributed by atoms with Crippen molar-refractivity contribution >= 4 is 9.84 Å². The zero-order chi connectivity index (χ0) is 14.4. The van der Waals surface area contributed by atoms with E-state index >= 15 is 0 Å². The van der Waals surface area contributed by atoms with Crippen molar-refractivity contribution in [3.05, 3.63) is 35.9 Å². The maximum atomic E-state index is 11.5. The summed E-state index contributed by atoms with van der Waals surface area (Å²) in [6, 6.07) is 9.22. The Kier molecular flexibility index (Phi) is 5.97. The quantitative estimate of drug-likeness (QED) is 0.790. The summed E-state index contributed by atoms with van der Waals surface area (Å²) in [4.78, 5) is 0. The van der Waals surface area contributed by atoms with Gasteiger partial charge in [-0.1, -0.05) is 37.3 Å². The highest BCUT2D eigenvalue weighted by molar-refractivity contribution is 7.91. The molecule has 108 valence electrons. The zero-order valence-corrected chi connectivity index (χ0v) is 12.3. The molecule has 0 fully saturated rings. The van der Waals surface area contributed by atoms with E-state index in [-0.39, 0.29) is 18.1 Å². The normalized spacial score (nSPS) is 15.1. The summed E-state index contributed by atoms with van der Waals surface area (Å²) in [6.45, 7) is 1.79. The third-order valence-electron chi connectivity index (χ3n) is 3.18. The van der Waals surface area contributed by atoms with Gasteiger partial charge in [0.1, 0.15) is 15.4 Å². The van der Waals surface area contributed by atoms with Crippen molar-refractivity contribution < 1.29 is 18.3 Å². The van der Waals surface area contributed by atoms with Gasteiger partial charge < -0.3 is 9.84 Å². The standard InChI is InChI=1S/C14H22O4S/c1-3-19(16,17)11-7-10-14(15,12-18-2)13-8-5-4-6-9-13/h4-6,8-9,15H,3,7,10-12H2,1-2H3. The SMILES string of the molecule is CCS(=O)(=O)CCCC(O)(COC)c1ccccc1. The van der Waals surface area contributed by atoms with Crippen molar-refractivity contribution in [2.24, 2.45) is 0 Å². The van der Waals surface area contributed by atoms with Gasteiger partial charge in [0, 0.05) is 12.9 Å². The van der Waals surface area contributed by atoms with E-state index in [2.05, 4.69) is 0 Å². The fraction of sp³-hybridized carbons (Fsp3) is 0.571. The molecule has 5 heteroatoms. The molecule has 0 aliphatic rings. The van der Waals surface area contributed by atoms with Gasteiger partial charge in [0.05, 0.1) is 12.4 Å². The first-order valence-corrected chi connectivity index (χ1v) is 8.23. The first-order chi connectivity index (χ1) is 8.93. The van der Waals surface area contributed by atoms with Crippen LogP contribution in [0.2, 0.25) is 0 Å².